The van der Waals surface area contributed by atoms with Gasteiger partial charge in [0, 0.05) is 18.0 Å². The molecule has 0 saturated heterocycles. The lowest BCUT2D eigenvalue weighted by molar-refractivity contribution is 0.982. The Bertz CT molecular complexity index is 533. The molecule has 0 radical (unpaired) electrons. The lowest BCUT2D eigenvalue weighted by atomic mass is 10.1. The van der Waals surface area contributed by atoms with Crippen molar-refractivity contribution in [1.82, 2.24) is 20.2 Å². The number of aromatic nitrogens is 4. The van der Waals surface area contributed by atoms with Crippen LogP contribution in [0.4, 0.5) is 0 Å². The predicted molar refractivity (Wildman–Crippen MR) is 59.9 cm³/mol. The van der Waals surface area contributed by atoms with E-state index in [1.807, 2.05) is 13.8 Å². The molecule has 1 N–H and O–H groups in total. The molecule has 0 aromatic carbocycles. The van der Waals surface area contributed by atoms with Crippen molar-refractivity contribution >= 4 is 12.2 Å². The molecule has 0 bridgehead atoms. The summed E-state index contributed by atoms with van der Waals surface area (Å²) in [6.07, 6.45) is 4.97. The van der Waals surface area contributed by atoms with Crippen molar-refractivity contribution in [2.75, 3.05) is 0 Å². The van der Waals surface area contributed by atoms with Crippen LogP contribution in [0, 0.1) is 18.5 Å². The highest BCUT2D eigenvalue weighted by Gasteiger charge is 2.07. The molecule has 4 nitrogen and oxygen atoms in total. The molecular formula is C10H10N4S. The zero-order chi connectivity index (χ0) is 10.8. The van der Waals surface area contributed by atoms with Gasteiger partial charge < -0.3 is 0 Å². The number of aromatic amines is 1. The molecule has 2 rings (SSSR count). The van der Waals surface area contributed by atoms with Gasteiger partial charge in [0.1, 0.15) is 11.0 Å². The summed E-state index contributed by atoms with van der Waals surface area (Å²) in [7, 11) is 0. The molecule has 0 saturated carbocycles. The van der Waals surface area contributed by atoms with Crippen LogP contribution in [0.1, 0.15) is 11.1 Å². The summed E-state index contributed by atoms with van der Waals surface area (Å²) in [5, 5.41) is 7.02. The molecule has 2 heterocycles. The van der Waals surface area contributed by atoms with Gasteiger partial charge in [-0.1, -0.05) is 12.2 Å². The highest BCUT2D eigenvalue weighted by Crippen LogP contribution is 2.20. The highest BCUT2D eigenvalue weighted by atomic mass is 32.1. The third-order valence-electron chi connectivity index (χ3n) is 2.36. The van der Waals surface area contributed by atoms with Crippen LogP contribution in [0.2, 0.25) is 0 Å². The van der Waals surface area contributed by atoms with E-state index in [9.17, 15) is 0 Å². The summed E-state index contributed by atoms with van der Waals surface area (Å²) in [5.41, 5.74) is 3.85. The van der Waals surface area contributed by atoms with Gasteiger partial charge in [0.15, 0.2) is 0 Å². The molecule has 2 aromatic heterocycles. The first-order valence-electron chi connectivity index (χ1n) is 4.51. The average molecular weight is 218 g/mol. The van der Waals surface area contributed by atoms with Crippen LogP contribution in [-0.2, 0) is 0 Å². The zero-order valence-corrected chi connectivity index (χ0v) is 9.30. The van der Waals surface area contributed by atoms with Gasteiger partial charge in [-0.25, -0.2) is 9.97 Å². The van der Waals surface area contributed by atoms with Crippen LogP contribution in [0.3, 0.4) is 0 Å². The molecule has 0 aliphatic rings. The number of nitrogens with one attached hydrogen (secondary N) is 1. The first-order valence-corrected chi connectivity index (χ1v) is 4.92. The van der Waals surface area contributed by atoms with E-state index in [4.69, 9.17) is 12.2 Å². The van der Waals surface area contributed by atoms with Gasteiger partial charge >= 0.3 is 0 Å². The molecule has 15 heavy (non-hydrogen) atoms. The van der Waals surface area contributed by atoms with E-state index >= 15 is 0 Å². The number of hydrogen-bond acceptors (Lipinski definition) is 4. The third-order valence-corrected chi connectivity index (χ3v) is 2.76. The Morgan fingerprint density at radius 2 is 1.80 bits per heavy atom. The van der Waals surface area contributed by atoms with Crippen molar-refractivity contribution in [3.63, 3.8) is 0 Å². The van der Waals surface area contributed by atoms with E-state index in [1.54, 1.807) is 12.4 Å². The highest BCUT2D eigenvalue weighted by molar-refractivity contribution is 7.71. The normalized spacial score (nSPS) is 10.3. The minimum Gasteiger partial charge on any atom is -0.267 e. The lowest BCUT2D eigenvalue weighted by Crippen LogP contribution is -1.97. The van der Waals surface area contributed by atoms with E-state index in [0.29, 0.717) is 4.64 Å². The third kappa shape index (κ3) is 1.78. The molecule has 0 fully saturated rings. The number of rotatable bonds is 1. The second-order valence-electron chi connectivity index (χ2n) is 3.28. The number of nitrogens with zero attached hydrogens (tertiary/aromatic N) is 3. The van der Waals surface area contributed by atoms with Crippen molar-refractivity contribution in [3.05, 3.63) is 34.5 Å². The molecule has 0 atom stereocenters. The Morgan fingerprint density at radius 3 is 2.47 bits per heavy atom. The van der Waals surface area contributed by atoms with Gasteiger partial charge in [0.05, 0.1) is 5.69 Å². The molecule has 0 amide bonds. The number of H-pyrrole nitrogens is 1. The van der Waals surface area contributed by atoms with Crippen molar-refractivity contribution in [3.8, 4) is 11.3 Å². The van der Waals surface area contributed by atoms with E-state index < -0.39 is 0 Å². The summed E-state index contributed by atoms with van der Waals surface area (Å²) in [4.78, 5) is 7.93. The fourth-order valence-corrected chi connectivity index (χ4v) is 1.52. The molecule has 5 heteroatoms. The minimum absolute atomic E-state index is 0.674. The summed E-state index contributed by atoms with van der Waals surface area (Å²) in [6.45, 7) is 3.97. The first kappa shape index (κ1) is 9.92. The van der Waals surface area contributed by atoms with Gasteiger partial charge in [-0.2, -0.15) is 5.10 Å². The molecule has 0 aliphatic heterocycles. The fourth-order valence-electron chi connectivity index (χ4n) is 1.32. The molecule has 76 valence electrons. The molecule has 0 spiro atoms. The quantitative estimate of drug-likeness (QED) is 0.746. The predicted octanol–water partition coefficient (Wildman–Crippen LogP) is 2.21. The van der Waals surface area contributed by atoms with Crippen LogP contribution in [0.25, 0.3) is 11.3 Å². The monoisotopic (exact) mass is 218 g/mol. The Morgan fingerprint density at radius 1 is 1.13 bits per heavy atom. The van der Waals surface area contributed by atoms with Crippen LogP contribution < -0.4 is 0 Å². The summed E-state index contributed by atoms with van der Waals surface area (Å²) in [5.74, 6) is 0. The Kier molecular flexibility index (Phi) is 2.55. The first-order chi connectivity index (χ1) is 7.20. The van der Waals surface area contributed by atoms with E-state index in [1.165, 1.54) is 6.33 Å². The van der Waals surface area contributed by atoms with Crippen LogP contribution in [0.15, 0.2) is 18.7 Å². The van der Waals surface area contributed by atoms with Crippen molar-refractivity contribution in [2.45, 2.75) is 13.8 Å². The van der Waals surface area contributed by atoms with Crippen molar-refractivity contribution in [2.24, 2.45) is 0 Å². The van der Waals surface area contributed by atoms with Crippen LogP contribution in [0.5, 0.6) is 0 Å². The van der Waals surface area contributed by atoms with E-state index in [2.05, 4.69) is 20.2 Å². The second kappa shape index (κ2) is 3.86. The van der Waals surface area contributed by atoms with Crippen molar-refractivity contribution < 1.29 is 0 Å². The molecule has 0 unspecified atom stereocenters. The topological polar surface area (TPSA) is 54.5 Å². The van der Waals surface area contributed by atoms with E-state index in [-0.39, 0.29) is 0 Å². The minimum atomic E-state index is 0.674. The SMILES string of the molecule is Cc1c(-c2cncnc2)n[nH]c(=S)c1C. The smallest absolute Gasteiger partial charge is 0.122 e. The maximum atomic E-state index is 5.10. The molecular weight excluding hydrogens is 208 g/mol. The summed E-state index contributed by atoms with van der Waals surface area (Å²) in [6, 6.07) is 0. The van der Waals surface area contributed by atoms with Gasteiger partial charge in [-0.3, -0.25) is 5.10 Å². The fraction of sp³-hybridized carbons (Fsp3) is 0.200. The van der Waals surface area contributed by atoms with E-state index in [0.717, 1.165) is 22.4 Å². The largest absolute Gasteiger partial charge is 0.267 e. The van der Waals surface area contributed by atoms with Gasteiger partial charge in [0.2, 0.25) is 0 Å². The van der Waals surface area contributed by atoms with Gasteiger partial charge in [-0.05, 0) is 25.0 Å². The maximum Gasteiger partial charge on any atom is 0.122 e. The average Bonchev–Trinajstić information content (AvgIpc) is 2.27. The van der Waals surface area contributed by atoms with Crippen LogP contribution >= 0.6 is 12.2 Å². The number of hydrogen-bond donors (Lipinski definition) is 1. The van der Waals surface area contributed by atoms with Gasteiger partial charge in [-0.15, -0.1) is 0 Å². The van der Waals surface area contributed by atoms with Crippen LogP contribution in [-0.4, -0.2) is 20.2 Å². The standard InChI is InChI=1S/C10H10N4S/c1-6-7(2)10(15)14-13-9(6)8-3-11-5-12-4-8/h3-5H,1-2H3,(H,14,15). The van der Waals surface area contributed by atoms with Gasteiger partial charge in [0.25, 0.3) is 0 Å². The Balaban J connectivity index is 2.65. The molecule has 0 aliphatic carbocycles. The summed E-state index contributed by atoms with van der Waals surface area (Å²) >= 11 is 5.10. The Labute approximate surface area is 92.4 Å². The van der Waals surface area contributed by atoms with Crippen molar-refractivity contribution in [1.29, 1.82) is 0 Å². The maximum absolute atomic E-state index is 5.10. The molecule has 2 aromatic rings. The lowest BCUT2D eigenvalue weighted by Gasteiger charge is -2.06. The zero-order valence-electron chi connectivity index (χ0n) is 8.48. The second-order valence-corrected chi connectivity index (χ2v) is 3.69. The Hall–Kier alpha value is -1.62. The summed E-state index contributed by atoms with van der Waals surface area (Å²) < 4.78 is 0.674.